The Morgan fingerprint density at radius 2 is 2.38 bits per heavy atom. The Balaban J connectivity index is 2.42. The lowest BCUT2D eigenvalue weighted by Gasteiger charge is -1.93. The van der Waals surface area contributed by atoms with Crippen molar-refractivity contribution in [3.05, 3.63) is 18.3 Å². The van der Waals surface area contributed by atoms with Gasteiger partial charge >= 0.3 is 5.97 Å². The highest BCUT2D eigenvalue weighted by atomic mass is 16.4. The molecule has 2 aromatic rings. The molecule has 0 aliphatic rings. The minimum atomic E-state index is -0.949. The van der Waals surface area contributed by atoms with Crippen molar-refractivity contribution in [1.82, 2.24) is 19.9 Å². The normalized spacial score (nSPS) is 10.5. The van der Waals surface area contributed by atoms with E-state index in [1.165, 1.54) is 12.5 Å². The summed E-state index contributed by atoms with van der Waals surface area (Å²) in [6.45, 7) is 0. The van der Waals surface area contributed by atoms with E-state index < -0.39 is 5.97 Å². The number of carboxylic acids is 1. The van der Waals surface area contributed by atoms with Crippen LogP contribution in [-0.2, 0) is 11.2 Å². The van der Waals surface area contributed by atoms with E-state index >= 15 is 0 Å². The van der Waals surface area contributed by atoms with Crippen LogP contribution in [0.25, 0.3) is 11.2 Å². The molecule has 0 aliphatic heterocycles. The second-order valence-corrected chi connectivity index (χ2v) is 2.50. The summed E-state index contributed by atoms with van der Waals surface area (Å²) in [5.41, 5.74) is 1.19. The van der Waals surface area contributed by atoms with Crippen LogP contribution in [0.1, 0.15) is 5.82 Å². The quantitative estimate of drug-likeness (QED) is 0.674. The zero-order valence-corrected chi connectivity index (χ0v) is 6.56. The molecule has 0 amide bonds. The molecule has 0 unspecified atom stereocenters. The summed E-state index contributed by atoms with van der Waals surface area (Å²) in [6.07, 6.45) is 2.83. The fraction of sp³-hybridized carbons (Fsp3) is 0.143. The van der Waals surface area contributed by atoms with Gasteiger partial charge in [0.05, 0.1) is 12.5 Å². The largest absolute Gasteiger partial charge is 0.481 e. The maximum Gasteiger partial charge on any atom is 0.311 e. The molecule has 66 valence electrons. The molecule has 0 spiro atoms. The van der Waals surface area contributed by atoms with Crippen molar-refractivity contribution in [2.45, 2.75) is 6.42 Å². The highest BCUT2D eigenvalue weighted by Gasteiger charge is 2.05. The molecule has 2 rings (SSSR count). The van der Waals surface area contributed by atoms with Gasteiger partial charge in [-0.2, -0.15) is 0 Å². The fourth-order valence-electron chi connectivity index (χ4n) is 0.992. The average molecular weight is 178 g/mol. The molecule has 0 fully saturated rings. The molecular formula is C7H6N4O2. The molecule has 0 atom stereocenters. The molecule has 2 N–H and O–H groups in total. The van der Waals surface area contributed by atoms with Gasteiger partial charge in [0, 0.05) is 0 Å². The third kappa shape index (κ3) is 1.46. The van der Waals surface area contributed by atoms with Gasteiger partial charge in [0.1, 0.15) is 17.8 Å². The van der Waals surface area contributed by atoms with Gasteiger partial charge in [-0.3, -0.25) is 4.79 Å². The van der Waals surface area contributed by atoms with E-state index in [1.54, 1.807) is 0 Å². The average Bonchev–Trinajstić information content (AvgIpc) is 2.49. The first kappa shape index (κ1) is 7.66. The molecule has 2 aromatic heterocycles. The van der Waals surface area contributed by atoms with E-state index in [2.05, 4.69) is 19.9 Å². The van der Waals surface area contributed by atoms with Gasteiger partial charge in [0.25, 0.3) is 0 Å². The van der Waals surface area contributed by atoms with Gasteiger partial charge in [0.15, 0.2) is 5.65 Å². The van der Waals surface area contributed by atoms with Crippen LogP contribution in [0.3, 0.4) is 0 Å². The van der Waals surface area contributed by atoms with Crippen LogP contribution in [0.2, 0.25) is 0 Å². The molecule has 0 bridgehead atoms. The monoisotopic (exact) mass is 178 g/mol. The molecule has 0 aliphatic carbocycles. The van der Waals surface area contributed by atoms with Crippen molar-refractivity contribution in [3.8, 4) is 0 Å². The molecular weight excluding hydrogens is 172 g/mol. The zero-order chi connectivity index (χ0) is 9.26. The molecule has 6 heteroatoms. The second-order valence-electron chi connectivity index (χ2n) is 2.50. The first-order valence-electron chi connectivity index (χ1n) is 3.62. The Kier molecular flexibility index (Phi) is 1.66. The van der Waals surface area contributed by atoms with Gasteiger partial charge < -0.3 is 10.1 Å². The number of hydrogen-bond acceptors (Lipinski definition) is 4. The Morgan fingerprint density at radius 1 is 1.54 bits per heavy atom. The summed E-state index contributed by atoms with van der Waals surface area (Å²) in [5, 5.41) is 8.48. The lowest BCUT2D eigenvalue weighted by atomic mass is 10.4. The van der Waals surface area contributed by atoms with E-state index in [9.17, 15) is 4.79 Å². The van der Waals surface area contributed by atoms with Crippen molar-refractivity contribution in [2.24, 2.45) is 0 Å². The highest BCUT2D eigenvalue weighted by molar-refractivity contribution is 5.71. The summed E-state index contributed by atoms with van der Waals surface area (Å²) in [4.78, 5) is 24.8. The van der Waals surface area contributed by atoms with Crippen LogP contribution >= 0.6 is 0 Å². The lowest BCUT2D eigenvalue weighted by molar-refractivity contribution is -0.136. The van der Waals surface area contributed by atoms with Gasteiger partial charge in [-0.25, -0.2) is 15.0 Å². The summed E-state index contributed by atoms with van der Waals surface area (Å²) in [5.74, 6) is -0.679. The summed E-state index contributed by atoms with van der Waals surface area (Å²) >= 11 is 0. The summed E-state index contributed by atoms with van der Waals surface area (Å²) < 4.78 is 0. The number of rotatable bonds is 2. The van der Waals surface area contributed by atoms with Crippen LogP contribution in [0.4, 0.5) is 0 Å². The minimum Gasteiger partial charge on any atom is -0.481 e. The van der Waals surface area contributed by atoms with E-state index in [4.69, 9.17) is 5.11 Å². The van der Waals surface area contributed by atoms with Crippen molar-refractivity contribution in [2.75, 3.05) is 0 Å². The standard InChI is InChI=1S/C7H6N4O2/c12-6(13)1-5-8-2-4-7(11-5)10-3-9-4/h2-3H,1H2,(H,12,13)(H,8,9,10,11). The van der Waals surface area contributed by atoms with Crippen LogP contribution in [0, 0.1) is 0 Å². The summed E-state index contributed by atoms with van der Waals surface area (Å²) in [7, 11) is 0. The van der Waals surface area contributed by atoms with Gasteiger partial charge in [0.2, 0.25) is 0 Å². The minimum absolute atomic E-state index is 0.178. The van der Waals surface area contributed by atoms with Gasteiger partial charge in [-0.15, -0.1) is 0 Å². The van der Waals surface area contributed by atoms with E-state index in [0.29, 0.717) is 11.2 Å². The Hall–Kier alpha value is -1.98. The van der Waals surface area contributed by atoms with E-state index in [-0.39, 0.29) is 12.2 Å². The van der Waals surface area contributed by atoms with E-state index in [1.807, 2.05) is 0 Å². The highest BCUT2D eigenvalue weighted by Crippen LogP contribution is 2.03. The van der Waals surface area contributed by atoms with E-state index in [0.717, 1.165) is 0 Å². The van der Waals surface area contributed by atoms with Crippen LogP contribution < -0.4 is 0 Å². The van der Waals surface area contributed by atoms with Gasteiger partial charge in [-0.1, -0.05) is 0 Å². The molecule has 6 nitrogen and oxygen atoms in total. The maximum absolute atomic E-state index is 10.3. The summed E-state index contributed by atoms with van der Waals surface area (Å²) in [6, 6.07) is 0. The maximum atomic E-state index is 10.3. The second kappa shape index (κ2) is 2.81. The number of aliphatic carboxylic acids is 1. The number of aromatic amines is 1. The molecule has 13 heavy (non-hydrogen) atoms. The Labute approximate surface area is 72.7 Å². The topological polar surface area (TPSA) is 91.8 Å². The smallest absolute Gasteiger partial charge is 0.311 e. The van der Waals surface area contributed by atoms with Crippen LogP contribution in [-0.4, -0.2) is 31.0 Å². The van der Waals surface area contributed by atoms with Crippen LogP contribution in [0.15, 0.2) is 12.5 Å². The SMILES string of the molecule is O=C(O)Cc1ncc2[nH]cnc2n1. The molecule has 0 radical (unpaired) electrons. The predicted octanol–water partition coefficient (Wildman–Crippen LogP) is -0.0200. The van der Waals surface area contributed by atoms with Crippen LogP contribution in [0.5, 0.6) is 0 Å². The van der Waals surface area contributed by atoms with Crippen molar-refractivity contribution in [3.63, 3.8) is 0 Å². The predicted molar refractivity (Wildman–Crippen MR) is 43.0 cm³/mol. The lowest BCUT2D eigenvalue weighted by Crippen LogP contribution is -2.04. The first-order chi connectivity index (χ1) is 6.25. The molecule has 0 saturated heterocycles. The number of nitrogens with one attached hydrogen (secondary N) is 1. The third-order valence-corrected chi connectivity index (χ3v) is 1.53. The van der Waals surface area contributed by atoms with Crippen molar-refractivity contribution < 1.29 is 9.90 Å². The number of fused-ring (bicyclic) bond motifs is 1. The Bertz CT molecular complexity index is 450. The number of imidazole rings is 1. The fourth-order valence-corrected chi connectivity index (χ4v) is 0.992. The van der Waals surface area contributed by atoms with Crippen molar-refractivity contribution in [1.29, 1.82) is 0 Å². The Morgan fingerprint density at radius 3 is 3.15 bits per heavy atom. The van der Waals surface area contributed by atoms with Gasteiger partial charge in [-0.05, 0) is 0 Å². The van der Waals surface area contributed by atoms with Crippen molar-refractivity contribution >= 4 is 17.1 Å². The zero-order valence-electron chi connectivity index (χ0n) is 6.56. The number of hydrogen-bond donors (Lipinski definition) is 2. The number of aromatic nitrogens is 4. The molecule has 2 heterocycles. The third-order valence-electron chi connectivity index (χ3n) is 1.53. The number of carbonyl (C=O) groups is 1. The molecule has 0 saturated carbocycles. The number of nitrogens with zero attached hydrogens (tertiary/aromatic N) is 3. The number of carboxylic acid groups (broad SMARTS) is 1. The first-order valence-corrected chi connectivity index (χ1v) is 3.62. The number of H-pyrrole nitrogens is 1. The molecule has 0 aromatic carbocycles.